The second kappa shape index (κ2) is 12.1. The van der Waals surface area contributed by atoms with Gasteiger partial charge in [-0.25, -0.2) is 9.79 Å². The van der Waals surface area contributed by atoms with Gasteiger partial charge in [-0.1, -0.05) is 12.2 Å². The number of nitrogens with zero attached hydrogens (tertiary/aromatic N) is 1. The molecule has 5 nitrogen and oxygen atoms in total. The molecule has 0 spiro atoms. The molecule has 0 N–H and O–H groups in total. The van der Waals surface area contributed by atoms with Crippen LogP contribution in [0.25, 0.3) is 0 Å². The molecule has 0 unspecified atom stereocenters. The van der Waals surface area contributed by atoms with Crippen molar-refractivity contribution in [2.45, 2.75) is 6.92 Å². The van der Waals surface area contributed by atoms with E-state index >= 15 is 0 Å². The van der Waals surface area contributed by atoms with E-state index in [1.165, 1.54) is 6.08 Å². The fourth-order valence-electron chi connectivity index (χ4n) is 0.842. The van der Waals surface area contributed by atoms with Gasteiger partial charge in [-0.3, -0.25) is 0 Å². The molecule has 0 saturated carbocycles. The average Bonchev–Trinajstić information content (AvgIpc) is 2.25. The van der Waals surface area contributed by atoms with Crippen molar-refractivity contribution in [3.63, 3.8) is 0 Å². The SMILES string of the molecule is C=C(C)COCCOCCOCCN=C=O. The summed E-state index contributed by atoms with van der Waals surface area (Å²) in [5.74, 6) is 0. The Morgan fingerprint density at radius 3 is 2.25 bits per heavy atom. The number of rotatable bonds is 11. The van der Waals surface area contributed by atoms with Crippen molar-refractivity contribution in [3.8, 4) is 0 Å². The lowest BCUT2D eigenvalue weighted by atomic mass is 10.4. The highest BCUT2D eigenvalue weighted by Gasteiger charge is 1.91. The lowest BCUT2D eigenvalue weighted by Crippen LogP contribution is -2.11. The van der Waals surface area contributed by atoms with Crippen molar-refractivity contribution in [2.24, 2.45) is 4.99 Å². The Morgan fingerprint density at radius 1 is 1.12 bits per heavy atom. The van der Waals surface area contributed by atoms with Crippen LogP contribution >= 0.6 is 0 Å². The quantitative estimate of drug-likeness (QED) is 0.229. The number of carbonyl (C=O) groups excluding carboxylic acids is 1. The zero-order valence-corrected chi connectivity index (χ0v) is 9.74. The second-order valence-electron chi connectivity index (χ2n) is 3.21. The van der Waals surface area contributed by atoms with Crippen molar-refractivity contribution in [1.82, 2.24) is 0 Å². The first-order chi connectivity index (χ1) is 7.77. The van der Waals surface area contributed by atoms with E-state index in [-0.39, 0.29) is 0 Å². The molecule has 0 aromatic rings. The van der Waals surface area contributed by atoms with Gasteiger partial charge in [0.15, 0.2) is 0 Å². The lowest BCUT2D eigenvalue weighted by molar-refractivity contribution is 0.0202. The summed E-state index contributed by atoms with van der Waals surface area (Å²) in [6, 6.07) is 0. The van der Waals surface area contributed by atoms with Crippen LogP contribution in [0.5, 0.6) is 0 Å². The van der Waals surface area contributed by atoms with Crippen LogP contribution in [-0.2, 0) is 19.0 Å². The Bertz CT molecular complexity index is 214. The largest absolute Gasteiger partial charge is 0.377 e. The van der Waals surface area contributed by atoms with Crippen molar-refractivity contribution in [1.29, 1.82) is 0 Å². The normalized spacial score (nSPS) is 9.81. The van der Waals surface area contributed by atoms with Crippen LogP contribution in [0.1, 0.15) is 6.92 Å². The molecule has 0 aromatic heterocycles. The van der Waals surface area contributed by atoms with Crippen molar-refractivity contribution in [3.05, 3.63) is 12.2 Å². The molecule has 0 fully saturated rings. The molecule has 0 saturated heterocycles. The maximum Gasteiger partial charge on any atom is 0.235 e. The van der Waals surface area contributed by atoms with E-state index in [1.807, 2.05) is 6.92 Å². The van der Waals surface area contributed by atoms with Crippen LogP contribution in [-0.4, -0.2) is 52.3 Å². The van der Waals surface area contributed by atoms with Gasteiger partial charge in [0.25, 0.3) is 0 Å². The molecular formula is C11H19NO4. The van der Waals surface area contributed by atoms with Crippen LogP contribution in [0, 0.1) is 0 Å². The first-order valence-electron chi connectivity index (χ1n) is 5.18. The molecule has 0 aromatic carbocycles. The van der Waals surface area contributed by atoms with Crippen molar-refractivity contribution >= 4 is 6.08 Å². The zero-order chi connectivity index (χ0) is 12.1. The first-order valence-corrected chi connectivity index (χ1v) is 5.18. The number of hydrogen-bond acceptors (Lipinski definition) is 5. The molecule has 0 atom stereocenters. The summed E-state index contributed by atoms with van der Waals surface area (Å²) in [5.41, 5.74) is 0.999. The third-order valence-electron chi connectivity index (χ3n) is 1.50. The van der Waals surface area contributed by atoms with E-state index in [2.05, 4.69) is 11.6 Å². The van der Waals surface area contributed by atoms with Gasteiger partial charge in [-0.2, -0.15) is 0 Å². The Labute approximate surface area is 96.1 Å². The number of hydrogen-bond donors (Lipinski definition) is 0. The van der Waals surface area contributed by atoms with Crippen LogP contribution in [0.3, 0.4) is 0 Å². The predicted octanol–water partition coefficient (Wildman–Crippen LogP) is 0.948. The van der Waals surface area contributed by atoms with Gasteiger partial charge in [-0.15, -0.1) is 0 Å². The van der Waals surface area contributed by atoms with Gasteiger partial charge in [0.05, 0.1) is 46.2 Å². The monoisotopic (exact) mass is 229 g/mol. The van der Waals surface area contributed by atoms with Gasteiger partial charge in [-0.05, 0) is 6.92 Å². The van der Waals surface area contributed by atoms with Crippen LogP contribution in [0.2, 0.25) is 0 Å². The van der Waals surface area contributed by atoms with E-state index in [4.69, 9.17) is 14.2 Å². The fourth-order valence-corrected chi connectivity index (χ4v) is 0.842. The molecule has 0 amide bonds. The van der Waals surface area contributed by atoms with E-state index in [0.29, 0.717) is 46.2 Å². The van der Waals surface area contributed by atoms with Gasteiger partial charge in [0.2, 0.25) is 6.08 Å². The Hall–Kier alpha value is -1.00. The van der Waals surface area contributed by atoms with Crippen molar-refractivity contribution < 1.29 is 19.0 Å². The molecule has 0 bridgehead atoms. The Balaban J connectivity index is 2.98. The summed E-state index contributed by atoms with van der Waals surface area (Å²) < 4.78 is 15.6. The third kappa shape index (κ3) is 13.0. The van der Waals surface area contributed by atoms with E-state index in [9.17, 15) is 4.79 Å². The molecule has 0 aliphatic carbocycles. The summed E-state index contributed by atoms with van der Waals surface area (Å²) in [4.78, 5) is 13.0. The molecule has 0 aliphatic heterocycles. The second-order valence-corrected chi connectivity index (χ2v) is 3.21. The first kappa shape index (κ1) is 15.0. The van der Waals surface area contributed by atoms with Gasteiger partial charge >= 0.3 is 0 Å². The fraction of sp³-hybridized carbons (Fsp3) is 0.727. The predicted molar refractivity (Wildman–Crippen MR) is 60.3 cm³/mol. The molecule has 0 heterocycles. The highest BCUT2D eigenvalue weighted by Crippen LogP contribution is 1.88. The van der Waals surface area contributed by atoms with Gasteiger partial charge < -0.3 is 14.2 Å². The maximum atomic E-state index is 9.70. The van der Waals surface area contributed by atoms with Gasteiger partial charge in [0, 0.05) is 0 Å². The standard InChI is InChI=1S/C11H19NO4/c1-11(2)9-16-8-7-15-6-5-14-4-3-12-10-13/h1,3-9H2,2H3. The smallest absolute Gasteiger partial charge is 0.235 e. The summed E-state index contributed by atoms with van der Waals surface area (Å²) in [6.07, 6.45) is 1.44. The summed E-state index contributed by atoms with van der Waals surface area (Å²) in [5, 5.41) is 0. The summed E-state index contributed by atoms with van der Waals surface area (Å²) >= 11 is 0. The van der Waals surface area contributed by atoms with Crippen LogP contribution in [0.4, 0.5) is 0 Å². The number of ether oxygens (including phenoxy) is 3. The average molecular weight is 229 g/mol. The maximum absolute atomic E-state index is 9.70. The highest BCUT2D eigenvalue weighted by molar-refractivity contribution is 5.32. The Kier molecular flexibility index (Phi) is 11.3. The van der Waals surface area contributed by atoms with Gasteiger partial charge in [0.1, 0.15) is 0 Å². The molecular weight excluding hydrogens is 210 g/mol. The molecule has 16 heavy (non-hydrogen) atoms. The molecule has 0 aliphatic rings. The zero-order valence-electron chi connectivity index (χ0n) is 9.74. The lowest BCUT2D eigenvalue weighted by Gasteiger charge is -2.05. The van der Waals surface area contributed by atoms with E-state index < -0.39 is 0 Å². The molecule has 0 rings (SSSR count). The van der Waals surface area contributed by atoms with E-state index in [0.717, 1.165) is 5.57 Å². The topological polar surface area (TPSA) is 57.1 Å². The Morgan fingerprint density at radius 2 is 1.69 bits per heavy atom. The molecule has 5 heteroatoms. The minimum atomic E-state index is 0.352. The summed E-state index contributed by atoms with van der Waals surface area (Å²) in [6.45, 7) is 9.09. The highest BCUT2D eigenvalue weighted by atomic mass is 16.5. The minimum absolute atomic E-state index is 0.352. The van der Waals surface area contributed by atoms with Crippen LogP contribution < -0.4 is 0 Å². The minimum Gasteiger partial charge on any atom is -0.377 e. The van der Waals surface area contributed by atoms with Crippen molar-refractivity contribution in [2.75, 3.05) is 46.2 Å². The summed E-state index contributed by atoms with van der Waals surface area (Å²) in [7, 11) is 0. The number of isocyanates is 1. The van der Waals surface area contributed by atoms with E-state index in [1.54, 1.807) is 0 Å². The molecule has 0 radical (unpaired) electrons. The van der Waals surface area contributed by atoms with Crippen LogP contribution in [0.15, 0.2) is 17.1 Å². The third-order valence-corrected chi connectivity index (χ3v) is 1.50. The number of aliphatic imine (C=N–C) groups is 1. The molecule has 92 valence electrons.